The highest BCUT2D eigenvalue weighted by atomic mass is 19.4. The van der Waals surface area contributed by atoms with Gasteiger partial charge in [0.15, 0.2) is 5.82 Å². The van der Waals surface area contributed by atoms with Gasteiger partial charge in [-0.2, -0.15) is 28.1 Å². The Kier molecular flexibility index (Phi) is 6.21. The number of anilines is 2. The first-order chi connectivity index (χ1) is 11.7. The summed E-state index contributed by atoms with van der Waals surface area (Å²) in [5.41, 5.74) is 0.919. The average Bonchev–Trinajstić information content (AvgIpc) is 2.53. The summed E-state index contributed by atoms with van der Waals surface area (Å²) in [6, 6.07) is -1.49. The molecule has 1 aliphatic rings. The van der Waals surface area contributed by atoms with E-state index in [2.05, 4.69) is 30.9 Å². The molecule has 2 atom stereocenters. The molecule has 0 saturated carbocycles. The van der Waals surface area contributed by atoms with Crippen molar-refractivity contribution >= 4 is 17.5 Å². The third-order valence-corrected chi connectivity index (χ3v) is 3.91. The first-order valence-electron chi connectivity index (χ1n) is 8.43. The predicted molar refractivity (Wildman–Crippen MR) is 92.4 cm³/mol. The van der Waals surface area contributed by atoms with Gasteiger partial charge in [0.05, 0.1) is 0 Å². The summed E-state index contributed by atoms with van der Waals surface area (Å²) in [4.78, 5) is 12.7. The zero-order chi connectivity index (χ0) is 18.6. The zero-order valence-electron chi connectivity index (χ0n) is 14.9. The number of aromatic nitrogens is 3. The van der Waals surface area contributed by atoms with Crippen molar-refractivity contribution in [3.05, 3.63) is 11.9 Å². The van der Waals surface area contributed by atoms with Gasteiger partial charge in [-0.1, -0.05) is 6.08 Å². The molecule has 0 aliphatic heterocycles. The first-order valence-corrected chi connectivity index (χ1v) is 8.43. The van der Waals surface area contributed by atoms with Crippen LogP contribution in [0.4, 0.5) is 25.1 Å². The van der Waals surface area contributed by atoms with E-state index in [4.69, 9.17) is 0 Å². The van der Waals surface area contributed by atoms with E-state index < -0.39 is 12.2 Å². The van der Waals surface area contributed by atoms with Crippen molar-refractivity contribution in [1.82, 2.24) is 20.3 Å². The third kappa shape index (κ3) is 5.55. The second-order valence-electron chi connectivity index (χ2n) is 6.49. The Morgan fingerprint density at radius 1 is 1.08 bits per heavy atom. The zero-order valence-corrected chi connectivity index (χ0v) is 14.9. The van der Waals surface area contributed by atoms with Gasteiger partial charge >= 0.3 is 6.18 Å². The predicted octanol–water partition coefficient (Wildman–Crippen LogP) is 3.21. The van der Waals surface area contributed by atoms with Crippen molar-refractivity contribution in [3.8, 4) is 0 Å². The van der Waals surface area contributed by atoms with Crippen LogP contribution in [0.25, 0.3) is 5.57 Å². The normalized spacial score (nSPS) is 19.5. The monoisotopic (exact) mass is 358 g/mol. The number of halogens is 3. The van der Waals surface area contributed by atoms with Crippen LogP contribution in [0.1, 0.15) is 45.9 Å². The number of rotatable bonds is 6. The van der Waals surface area contributed by atoms with Gasteiger partial charge in [0.25, 0.3) is 0 Å². The van der Waals surface area contributed by atoms with E-state index in [0.717, 1.165) is 31.8 Å². The summed E-state index contributed by atoms with van der Waals surface area (Å²) in [5, 5.41) is 8.56. The fourth-order valence-corrected chi connectivity index (χ4v) is 2.52. The number of alkyl halides is 3. The third-order valence-electron chi connectivity index (χ3n) is 3.91. The lowest BCUT2D eigenvalue weighted by atomic mass is 9.95. The lowest BCUT2D eigenvalue weighted by molar-refractivity contribution is -0.138. The van der Waals surface area contributed by atoms with Crippen LogP contribution in [0.5, 0.6) is 0 Å². The molecule has 1 unspecified atom stereocenters. The maximum absolute atomic E-state index is 12.8. The van der Waals surface area contributed by atoms with Gasteiger partial charge in [-0.3, -0.25) is 0 Å². The molecule has 0 aromatic carbocycles. The molecule has 1 aliphatic carbocycles. The summed E-state index contributed by atoms with van der Waals surface area (Å²) in [7, 11) is 1.88. The SMILES string of the molecule is CNC1C=C(c2nc(NC(C)C)nc(N[C@H](C)C(F)(F)F)n2)CCC1. The van der Waals surface area contributed by atoms with E-state index in [1.54, 1.807) is 0 Å². The van der Waals surface area contributed by atoms with Gasteiger partial charge in [0.2, 0.25) is 11.9 Å². The summed E-state index contributed by atoms with van der Waals surface area (Å²) < 4.78 is 38.5. The molecular formula is C16H25F3N6. The molecular weight excluding hydrogens is 333 g/mol. The van der Waals surface area contributed by atoms with Gasteiger partial charge in [-0.25, -0.2) is 0 Å². The van der Waals surface area contributed by atoms with Crippen molar-refractivity contribution in [1.29, 1.82) is 0 Å². The van der Waals surface area contributed by atoms with Crippen LogP contribution in [0.2, 0.25) is 0 Å². The highest BCUT2D eigenvalue weighted by Gasteiger charge is 2.36. The summed E-state index contributed by atoms with van der Waals surface area (Å²) in [5.74, 6) is 0.602. The van der Waals surface area contributed by atoms with Gasteiger partial charge in [0.1, 0.15) is 6.04 Å². The lowest BCUT2D eigenvalue weighted by Gasteiger charge is -2.21. The van der Waals surface area contributed by atoms with E-state index >= 15 is 0 Å². The molecule has 0 fully saturated rings. The minimum Gasteiger partial charge on any atom is -0.352 e. The Morgan fingerprint density at radius 2 is 1.72 bits per heavy atom. The van der Waals surface area contributed by atoms with Gasteiger partial charge in [0, 0.05) is 12.1 Å². The molecule has 2 rings (SSSR count). The van der Waals surface area contributed by atoms with Crippen molar-refractivity contribution in [2.45, 2.75) is 64.3 Å². The van der Waals surface area contributed by atoms with Crippen LogP contribution in [-0.4, -0.2) is 46.3 Å². The van der Waals surface area contributed by atoms with Gasteiger partial charge in [-0.15, -0.1) is 0 Å². The Hall–Kier alpha value is -1.90. The molecule has 9 heteroatoms. The number of nitrogens with one attached hydrogen (secondary N) is 3. The Bertz CT molecular complexity index is 614. The molecule has 1 aromatic heterocycles. The summed E-state index contributed by atoms with van der Waals surface area (Å²) >= 11 is 0. The fourth-order valence-electron chi connectivity index (χ4n) is 2.52. The number of likely N-dealkylation sites (N-methyl/N-ethyl adjacent to an activating group) is 1. The van der Waals surface area contributed by atoms with Crippen LogP contribution in [-0.2, 0) is 0 Å². The second-order valence-corrected chi connectivity index (χ2v) is 6.49. The molecule has 0 spiro atoms. The number of hydrogen-bond donors (Lipinski definition) is 3. The molecule has 0 amide bonds. The maximum atomic E-state index is 12.8. The highest BCUT2D eigenvalue weighted by Crippen LogP contribution is 2.27. The van der Waals surface area contributed by atoms with Crippen molar-refractivity contribution in [3.63, 3.8) is 0 Å². The standard InChI is InChI=1S/C16H25F3N6/c1-9(2)21-14-23-13(11-6-5-7-12(8-11)20-4)24-15(25-14)22-10(3)16(17,18)19/h8-10,12,20H,5-7H2,1-4H3,(H2,21,22,23,24,25)/t10-,12?/m1/s1. The smallest absolute Gasteiger partial charge is 0.352 e. The van der Waals surface area contributed by atoms with Crippen molar-refractivity contribution < 1.29 is 13.2 Å². The number of hydrogen-bond acceptors (Lipinski definition) is 6. The fraction of sp³-hybridized carbons (Fsp3) is 0.688. The van der Waals surface area contributed by atoms with Crippen LogP contribution >= 0.6 is 0 Å². The van der Waals surface area contributed by atoms with Crippen molar-refractivity contribution in [2.24, 2.45) is 0 Å². The lowest BCUT2D eigenvalue weighted by Crippen LogP contribution is -2.34. The van der Waals surface area contributed by atoms with Crippen LogP contribution in [0, 0.1) is 0 Å². The first kappa shape index (κ1) is 19.4. The maximum Gasteiger partial charge on any atom is 0.408 e. The van der Waals surface area contributed by atoms with Crippen LogP contribution in [0.3, 0.4) is 0 Å². The molecule has 0 bridgehead atoms. The van der Waals surface area contributed by atoms with E-state index in [-0.39, 0.29) is 24.0 Å². The van der Waals surface area contributed by atoms with Crippen LogP contribution in [0.15, 0.2) is 6.08 Å². The largest absolute Gasteiger partial charge is 0.408 e. The van der Waals surface area contributed by atoms with E-state index in [0.29, 0.717) is 5.82 Å². The minimum absolute atomic E-state index is 0.0496. The Balaban J connectivity index is 2.35. The van der Waals surface area contributed by atoms with Gasteiger partial charge < -0.3 is 16.0 Å². The highest BCUT2D eigenvalue weighted by molar-refractivity contribution is 5.63. The van der Waals surface area contributed by atoms with E-state index in [1.165, 1.54) is 0 Å². The molecule has 0 radical (unpaired) electrons. The van der Waals surface area contributed by atoms with Crippen molar-refractivity contribution in [2.75, 3.05) is 17.7 Å². The molecule has 3 N–H and O–H groups in total. The molecule has 6 nitrogen and oxygen atoms in total. The van der Waals surface area contributed by atoms with E-state index in [9.17, 15) is 13.2 Å². The average molecular weight is 358 g/mol. The number of allylic oxidation sites excluding steroid dienone is 1. The Morgan fingerprint density at radius 3 is 2.28 bits per heavy atom. The molecule has 1 aromatic rings. The van der Waals surface area contributed by atoms with Crippen LogP contribution < -0.4 is 16.0 Å². The Labute approximate surface area is 145 Å². The summed E-state index contributed by atoms with van der Waals surface area (Å²) in [6.07, 6.45) is 0.433. The molecule has 140 valence electrons. The van der Waals surface area contributed by atoms with Gasteiger partial charge in [-0.05, 0) is 52.7 Å². The molecule has 1 heterocycles. The molecule has 0 saturated heterocycles. The quantitative estimate of drug-likeness (QED) is 0.725. The summed E-state index contributed by atoms with van der Waals surface area (Å²) in [6.45, 7) is 4.85. The second kappa shape index (κ2) is 7.99. The minimum atomic E-state index is -4.38. The molecule has 25 heavy (non-hydrogen) atoms. The van der Waals surface area contributed by atoms with E-state index in [1.807, 2.05) is 27.0 Å². The topological polar surface area (TPSA) is 74.8 Å². The number of nitrogens with zero attached hydrogens (tertiary/aromatic N) is 3.